The van der Waals surface area contributed by atoms with Crippen LogP contribution in [0.15, 0.2) is 33.9 Å². The summed E-state index contributed by atoms with van der Waals surface area (Å²) in [4.78, 5) is 46.0. The number of methoxy groups -OCH3 is 1. The molecule has 0 bridgehead atoms. The van der Waals surface area contributed by atoms with E-state index in [0.29, 0.717) is 17.2 Å². The van der Waals surface area contributed by atoms with E-state index in [2.05, 4.69) is 22.1 Å². The van der Waals surface area contributed by atoms with Gasteiger partial charge in [0.15, 0.2) is 10.8 Å². The van der Waals surface area contributed by atoms with Crippen molar-refractivity contribution in [1.29, 1.82) is 0 Å². The van der Waals surface area contributed by atoms with E-state index in [4.69, 9.17) is 4.74 Å². The first-order valence-corrected chi connectivity index (χ1v) is 12.4. The van der Waals surface area contributed by atoms with Crippen LogP contribution in [0.3, 0.4) is 0 Å². The molecule has 0 aliphatic carbocycles. The Kier molecular flexibility index (Phi) is 7.06. The number of hydrogen-bond acceptors (Lipinski definition) is 7. The van der Waals surface area contributed by atoms with Crippen molar-refractivity contribution < 1.29 is 9.53 Å². The Morgan fingerprint density at radius 3 is 2.50 bits per heavy atom. The highest BCUT2D eigenvalue weighted by Crippen LogP contribution is 2.29. The Hall–Kier alpha value is -3.14. The molecule has 0 saturated carbocycles. The van der Waals surface area contributed by atoms with Gasteiger partial charge in [0.05, 0.1) is 7.11 Å². The second-order valence-electron chi connectivity index (χ2n) is 9.08. The van der Waals surface area contributed by atoms with Crippen molar-refractivity contribution in [2.24, 2.45) is 5.92 Å². The number of carbonyl (C=O) groups is 1. The number of nitrogens with one attached hydrogen (secondary N) is 1. The highest BCUT2D eigenvalue weighted by Gasteiger charge is 2.24. The van der Waals surface area contributed by atoms with Gasteiger partial charge in [-0.15, -0.1) is 0 Å². The van der Waals surface area contributed by atoms with Gasteiger partial charge in [-0.2, -0.15) is 0 Å². The normalized spacial score (nSPS) is 14.7. The third-order valence-electron chi connectivity index (χ3n) is 6.22. The summed E-state index contributed by atoms with van der Waals surface area (Å²) in [5.74, 6) is 1.08. The topological polar surface area (TPSA) is 98.5 Å². The zero-order valence-electron chi connectivity index (χ0n) is 20.0. The molecule has 34 heavy (non-hydrogen) atoms. The van der Waals surface area contributed by atoms with Gasteiger partial charge in [-0.1, -0.05) is 30.4 Å². The van der Waals surface area contributed by atoms with E-state index in [1.54, 1.807) is 21.0 Å². The molecule has 0 spiro atoms. The van der Waals surface area contributed by atoms with Gasteiger partial charge in [0, 0.05) is 25.7 Å². The minimum absolute atomic E-state index is 0.210. The summed E-state index contributed by atoms with van der Waals surface area (Å²) < 4.78 is 8.10. The average Bonchev–Trinajstić information content (AvgIpc) is 3.27. The summed E-state index contributed by atoms with van der Waals surface area (Å²) in [7, 11) is 1.60. The lowest BCUT2D eigenvalue weighted by Gasteiger charge is -2.29. The molecule has 1 fully saturated rings. The molecule has 1 N–H and O–H groups in total. The zero-order chi connectivity index (χ0) is 24.4. The molecule has 1 amide bonds. The van der Waals surface area contributed by atoms with Crippen LogP contribution in [0.1, 0.15) is 45.2 Å². The molecular weight excluding hydrogens is 454 g/mol. The molecule has 10 heteroatoms. The summed E-state index contributed by atoms with van der Waals surface area (Å²) in [5, 5.41) is 3.58. The third kappa shape index (κ3) is 4.86. The van der Waals surface area contributed by atoms with Gasteiger partial charge >= 0.3 is 5.69 Å². The van der Waals surface area contributed by atoms with E-state index in [9.17, 15) is 14.4 Å². The predicted octanol–water partition coefficient (Wildman–Crippen LogP) is 2.76. The van der Waals surface area contributed by atoms with Crippen molar-refractivity contribution in [3.8, 4) is 5.75 Å². The Bertz CT molecular complexity index is 1280. The first kappa shape index (κ1) is 24.0. The number of aromatic nitrogens is 3. The molecule has 1 aliphatic rings. The maximum Gasteiger partial charge on any atom is 0.333 e. The van der Waals surface area contributed by atoms with Gasteiger partial charge in [0.25, 0.3) is 5.56 Å². The van der Waals surface area contributed by atoms with Crippen LogP contribution in [-0.4, -0.2) is 40.2 Å². The monoisotopic (exact) mass is 485 g/mol. The summed E-state index contributed by atoms with van der Waals surface area (Å²) in [6.45, 7) is 7.65. The molecule has 1 saturated heterocycles. The first-order valence-electron chi connectivity index (χ1n) is 11.6. The number of amides is 1. The molecule has 1 aliphatic heterocycles. The summed E-state index contributed by atoms with van der Waals surface area (Å²) in [6, 6.07) is 7.06. The van der Waals surface area contributed by atoms with Crippen molar-refractivity contribution in [2.75, 3.05) is 25.1 Å². The molecule has 3 heterocycles. The van der Waals surface area contributed by atoms with Crippen molar-refractivity contribution in [3.63, 3.8) is 0 Å². The fourth-order valence-electron chi connectivity index (χ4n) is 4.12. The maximum atomic E-state index is 13.2. The summed E-state index contributed by atoms with van der Waals surface area (Å²) in [5.41, 5.74) is 0.328. The smallest absolute Gasteiger partial charge is 0.333 e. The van der Waals surface area contributed by atoms with E-state index in [0.717, 1.165) is 42.4 Å². The number of benzene rings is 1. The second-order valence-corrected chi connectivity index (χ2v) is 10.1. The molecule has 0 unspecified atom stereocenters. The minimum atomic E-state index is -0.517. The Morgan fingerprint density at radius 1 is 1.21 bits per heavy atom. The number of thiazole rings is 1. The van der Waals surface area contributed by atoms with Crippen LogP contribution < -0.4 is 26.2 Å². The van der Waals surface area contributed by atoms with Crippen LogP contribution in [0, 0.1) is 5.92 Å². The van der Waals surface area contributed by atoms with Crippen molar-refractivity contribution >= 4 is 32.7 Å². The van der Waals surface area contributed by atoms with Crippen LogP contribution >= 0.6 is 11.3 Å². The minimum Gasteiger partial charge on any atom is -0.497 e. The largest absolute Gasteiger partial charge is 0.497 e. The van der Waals surface area contributed by atoms with E-state index in [1.165, 1.54) is 20.5 Å². The van der Waals surface area contributed by atoms with E-state index in [1.807, 2.05) is 24.3 Å². The number of ether oxygens (including phenoxy) is 1. The lowest BCUT2D eigenvalue weighted by atomic mass is 10.00. The maximum absolute atomic E-state index is 13.2. The fourth-order valence-corrected chi connectivity index (χ4v) is 5.18. The number of carbonyl (C=O) groups excluding carboxylic acids is 1. The Balaban J connectivity index is 1.63. The molecule has 9 nitrogen and oxygen atoms in total. The number of piperidine rings is 1. The molecule has 1 aromatic carbocycles. The SMILES string of the molecule is COc1ccc(CNC(=O)Cn2c(=O)n(C(C)C)c(=O)c3sc(N4CCC(C)CC4)nc32)cc1. The van der Waals surface area contributed by atoms with Crippen LogP contribution in [0.4, 0.5) is 5.13 Å². The quantitative estimate of drug-likeness (QED) is 0.553. The van der Waals surface area contributed by atoms with Crippen molar-refractivity contribution in [2.45, 2.75) is 52.7 Å². The molecule has 3 aromatic rings. The number of fused-ring (bicyclic) bond motifs is 1. The number of hydrogen-bond donors (Lipinski definition) is 1. The highest BCUT2D eigenvalue weighted by molar-refractivity contribution is 7.22. The van der Waals surface area contributed by atoms with Crippen LogP contribution in [0.2, 0.25) is 0 Å². The number of anilines is 1. The van der Waals surface area contributed by atoms with Crippen LogP contribution in [0.25, 0.3) is 10.3 Å². The molecular formula is C24H31N5O4S. The Morgan fingerprint density at radius 2 is 1.88 bits per heavy atom. The van der Waals surface area contributed by atoms with Gasteiger partial charge in [-0.05, 0) is 50.3 Å². The standard InChI is InChI=1S/C24H31N5O4S/c1-15(2)29-22(31)20-21(26-23(34-20)27-11-9-16(3)10-12-27)28(24(29)32)14-19(30)25-13-17-5-7-18(33-4)8-6-17/h5-8,15-16H,9-14H2,1-4H3,(H,25,30). The molecule has 0 radical (unpaired) electrons. The lowest BCUT2D eigenvalue weighted by Crippen LogP contribution is -2.43. The zero-order valence-corrected chi connectivity index (χ0v) is 20.9. The van der Waals surface area contributed by atoms with Crippen molar-refractivity contribution in [3.05, 3.63) is 50.7 Å². The molecule has 0 atom stereocenters. The average molecular weight is 486 g/mol. The fraction of sp³-hybridized carbons (Fsp3) is 0.500. The predicted molar refractivity (Wildman–Crippen MR) is 134 cm³/mol. The van der Waals surface area contributed by atoms with E-state index in [-0.39, 0.29) is 29.7 Å². The Labute approximate surface area is 202 Å². The van der Waals surface area contributed by atoms with Crippen molar-refractivity contribution in [1.82, 2.24) is 19.4 Å². The summed E-state index contributed by atoms with van der Waals surface area (Å²) in [6.07, 6.45) is 2.12. The van der Waals surface area contributed by atoms with E-state index >= 15 is 0 Å². The van der Waals surface area contributed by atoms with Gasteiger partial charge in [0.1, 0.15) is 17.0 Å². The molecule has 2 aromatic heterocycles. The van der Waals surface area contributed by atoms with Gasteiger partial charge < -0.3 is 15.0 Å². The van der Waals surface area contributed by atoms with Crippen LogP contribution in [0.5, 0.6) is 5.75 Å². The van der Waals surface area contributed by atoms with Crippen LogP contribution in [-0.2, 0) is 17.9 Å². The number of rotatable bonds is 7. The van der Waals surface area contributed by atoms with E-state index < -0.39 is 5.69 Å². The lowest BCUT2D eigenvalue weighted by molar-refractivity contribution is -0.121. The molecule has 182 valence electrons. The summed E-state index contributed by atoms with van der Waals surface area (Å²) >= 11 is 1.31. The van der Waals surface area contributed by atoms with Gasteiger partial charge in [0.2, 0.25) is 5.91 Å². The number of nitrogens with zero attached hydrogens (tertiary/aromatic N) is 4. The third-order valence-corrected chi connectivity index (χ3v) is 7.32. The van der Waals surface area contributed by atoms with Gasteiger partial charge in [-0.3, -0.25) is 18.7 Å². The molecule has 4 rings (SSSR count). The van der Waals surface area contributed by atoms with Gasteiger partial charge in [-0.25, -0.2) is 9.78 Å². The first-order chi connectivity index (χ1) is 16.3. The highest BCUT2D eigenvalue weighted by atomic mass is 32.1. The second kappa shape index (κ2) is 10.0.